The summed E-state index contributed by atoms with van der Waals surface area (Å²) in [6, 6.07) is 7.49. The van der Waals surface area contributed by atoms with Crippen molar-refractivity contribution < 1.29 is 9.53 Å². The summed E-state index contributed by atoms with van der Waals surface area (Å²) in [5, 5.41) is 2.89. The Balaban J connectivity index is 2.54. The van der Waals surface area contributed by atoms with Crippen LogP contribution in [0.1, 0.15) is 33.6 Å². The molecule has 0 fully saturated rings. The van der Waals surface area contributed by atoms with Crippen LogP contribution in [0.3, 0.4) is 0 Å². The number of hydrogen-bond acceptors (Lipinski definition) is 3. The van der Waals surface area contributed by atoms with Crippen LogP contribution in [0.25, 0.3) is 0 Å². The summed E-state index contributed by atoms with van der Waals surface area (Å²) >= 11 is 0. The minimum Gasteiger partial charge on any atom is -0.493 e. The third kappa shape index (κ3) is 6.06. The fraction of sp³-hybridized carbons (Fsp3) is 0.562. The number of benzene rings is 1. The molecule has 0 radical (unpaired) electrons. The van der Waals surface area contributed by atoms with Gasteiger partial charge in [-0.25, -0.2) is 0 Å². The summed E-state index contributed by atoms with van der Waals surface area (Å²) in [7, 11) is 0. The molecule has 0 saturated heterocycles. The third-order valence-electron chi connectivity index (χ3n) is 3.09. The molecule has 0 aromatic heterocycles. The molecule has 1 aromatic carbocycles. The first-order valence-corrected chi connectivity index (χ1v) is 7.27. The molecule has 112 valence electrons. The predicted octanol–water partition coefficient (Wildman–Crippen LogP) is 3.03. The summed E-state index contributed by atoms with van der Waals surface area (Å²) in [5.74, 6) is 1.50. The van der Waals surface area contributed by atoms with Gasteiger partial charge in [-0.1, -0.05) is 33.3 Å². The fourth-order valence-corrected chi connectivity index (χ4v) is 1.80. The lowest BCUT2D eigenvalue weighted by molar-refractivity contribution is -0.117. The molecule has 1 aromatic rings. The zero-order valence-electron chi connectivity index (χ0n) is 12.7. The lowest BCUT2D eigenvalue weighted by Gasteiger charge is -2.13. The molecular weight excluding hydrogens is 252 g/mol. The number of ether oxygens (including phenoxy) is 1. The minimum atomic E-state index is 0.00306. The van der Waals surface area contributed by atoms with Crippen molar-refractivity contribution in [3.05, 3.63) is 24.3 Å². The van der Waals surface area contributed by atoms with E-state index in [4.69, 9.17) is 10.5 Å². The first kappa shape index (κ1) is 16.5. The number of carbonyl (C=O) groups excluding carboxylic acids is 1. The van der Waals surface area contributed by atoms with Gasteiger partial charge in [-0.15, -0.1) is 0 Å². The lowest BCUT2D eigenvalue weighted by atomic mass is 10.0. The van der Waals surface area contributed by atoms with E-state index in [1.165, 1.54) is 0 Å². The fourth-order valence-electron chi connectivity index (χ4n) is 1.80. The average Bonchev–Trinajstić information content (AvgIpc) is 2.43. The van der Waals surface area contributed by atoms with Gasteiger partial charge in [0.1, 0.15) is 5.75 Å². The summed E-state index contributed by atoms with van der Waals surface area (Å²) in [4.78, 5) is 11.9. The quantitative estimate of drug-likeness (QED) is 0.768. The minimum absolute atomic E-state index is 0.00306. The SMILES string of the molecule is CCC(CN)CC(=O)Nc1cccc(OCC(C)C)c1. The number of nitrogens with one attached hydrogen (secondary N) is 1. The van der Waals surface area contributed by atoms with Crippen LogP contribution in [0.4, 0.5) is 5.69 Å². The molecule has 0 aliphatic heterocycles. The largest absolute Gasteiger partial charge is 0.493 e. The van der Waals surface area contributed by atoms with E-state index in [1.807, 2.05) is 31.2 Å². The number of nitrogens with two attached hydrogens (primary N) is 1. The van der Waals surface area contributed by atoms with Gasteiger partial charge in [0, 0.05) is 18.2 Å². The van der Waals surface area contributed by atoms with Gasteiger partial charge in [0.15, 0.2) is 0 Å². The van der Waals surface area contributed by atoms with E-state index in [9.17, 15) is 4.79 Å². The Labute approximate surface area is 121 Å². The Morgan fingerprint density at radius 3 is 2.75 bits per heavy atom. The van der Waals surface area contributed by atoms with Gasteiger partial charge in [-0.05, 0) is 30.5 Å². The molecule has 0 bridgehead atoms. The summed E-state index contributed by atoms with van der Waals surface area (Å²) < 4.78 is 5.64. The molecule has 0 spiro atoms. The molecule has 0 aliphatic rings. The van der Waals surface area contributed by atoms with Gasteiger partial charge in [0.05, 0.1) is 6.61 Å². The van der Waals surface area contributed by atoms with Crippen LogP contribution in [-0.4, -0.2) is 19.1 Å². The smallest absolute Gasteiger partial charge is 0.224 e. The van der Waals surface area contributed by atoms with Crippen LogP contribution in [0.5, 0.6) is 5.75 Å². The molecule has 1 unspecified atom stereocenters. The van der Waals surface area contributed by atoms with Gasteiger partial charge in [0.2, 0.25) is 5.91 Å². The summed E-state index contributed by atoms with van der Waals surface area (Å²) in [6.07, 6.45) is 1.38. The molecule has 4 nitrogen and oxygen atoms in total. The van der Waals surface area contributed by atoms with E-state index >= 15 is 0 Å². The number of anilines is 1. The van der Waals surface area contributed by atoms with Crippen LogP contribution in [-0.2, 0) is 4.79 Å². The van der Waals surface area contributed by atoms with Gasteiger partial charge < -0.3 is 15.8 Å². The van der Waals surface area contributed by atoms with Crippen molar-refractivity contribution in [3.63, 3.8) is 0 Å². The molecule has 20 heavy (non-hydrogen) atoms. The molecule has 1 atom stereocenters. The molecule has 1 rings (SSSR count). The lowest BCUT2D eigenvalue weighted by Crippen LogP contribution is -2.21. The highest BCUT2D eigenvalue weighted by Crippen LogP contribution is 2.19. The van der Waals surface area contributed by atoms with Crippen LogP contribution in [0, 0.1) is 11.8 Å². The molecule has 0 aliphatic carbocycles. The monoisotopic (exact) mass is 278 g/mol. The maximum absolute atomic E-state index is 11.9. The van der Waals surface area contributed by atoms with Crippen LogP contribution in [0.2, 0.25) is 0 Å². The summed E-state index contributed by atoms with van der Waals surface area (Å²) in [6.45, 7) is 7.46. The second kappa shape index (κ2) is 8.59. The molecule has 0 saturated carbocycles. The average molecular weight is 278 g/mol. The Kier molecular flexibility index (Phi) is 7.09. The highest BCUT2D eigenvalue weighted by Gasteiger charge is 2.10. The third-order valence-corrected chi connectivity index (χ3v) is 3.09. The first-order chi connectivity index (χ1) is 9.55. The predicted molar refractivity (Wildman–Crippen MR) is 82.9 cm³/mol. The Morgan fingerprint density at radius 1 is 1.40 bits per heavy atom. The van der Waals surface area contributed by atoms with Gasteiger partial charge >= 0.3 is 0 Å². The molecule has 0 heterocycles. The molecule has 4 heteroatoms. The number of rotatable bonds is 8. The van der Waals surface area contributed by atoms with Crippen LogP contribution >= 0.6 is 0 Å². The van der Waals surface area contributed by atoms with Crippen LogP contribution in [0.15, 0.2) is 24.3 Å². The van der Waals surface area contributed by atoms with Crippen LogP contribution < -0.4 is 15.8 Å². The second-order valence-corrected chi connectivity index (χ2v) is 5.49. The van der Waals surface area contributed by atoms with E-state index in [1.54, 1.807) is 0 Å². The maximum Gasteiger partial charge on any atom is 0.224 e. The number of hydrogen-bond donors (Lipinski definition) is 2. The standard InChI is InChI=1S/C16H26N2O2/c1-4-13(10-17)8-16(19)18-14-6-5-7-15(9-14)20-11-12(2)3/h5-7,9,12-13H,4,8,10-11,17H2,1-3H3,(H,18,19). The molecule has 1 amide bonds. The van der Waals surface area contributed by atoms with Gasteiger partial charge in [-0.3, -0.25) is 4.79 Å². The van der Waals surface area contributed by atoms with Crippen molar-refractivity contribution in [3.8, 4) is 5.75 Å². The van der Waals surface area contributed by atoms with E-state index in [2.05, 4.69) is 19.2 Å². The van der Waals surface area contributed by atoms with E-state index in [0.717, 1.165) is 17.9 Å². The molecule has 3 N–H and O–H groups in total. The van der Waals surface area contributed by atoms with Gasteiger partial charge in [0.25, 0.3) is 0 Å². The first-order valence-electron chi connectivity index (χ1n) is 7.27. The number of carbonyl (C=O) groups is 1. The van der Waals surface area contributed by atoms with Crippen molar-refractivity contribution in [1.82, 2.24) is 0 Å². The van der Waals surface area contributed by atoms with Gasteiger partial charge in [-0.2, -0.15) is 0 Å². The van der Waals surface area contributed by atoms with Crippen molar-refractivity contribution >= 4 is 11.6 Å². The maximum atomic E-state index is 11.9. The van der Waals surface area contributed by atoms with Crippen molar-refractivity contribution in [2.24, 2.45) is 17.6 Å². The van der Waals surface area contributed by atoms with Crippen molar-refractivity contribution in [2.75, 3.05) is 18.5 Å². The molecular formula is C16H26N2O2. The van der Waals surface area contributed by atoms with E-state index in [-0.39, 0.29) is 11.8 Å². The number of amides is 1. The second-order valence-electron chi connectivity index (χ2n) is 5.49. The Hall–Kier alpha value is -1.55. The highest BCUT2D eigenvalue weighted by molar-refractivity contribution is 5.91. The summed E-state index contributed by atoms with van der Waals surface area (Å²) in [5.41, 5.74) is 6.38. The van der Waals surface area contributed by atoms with E-state index < -0.39 is 0 Å². The zero-order chi connectivity index (χ0) is 15.0. The Morgan fingerprint density at radius 2 is 2.15 bits per heavy atom. The van der Waals surface area contributed by atoms with Crippen molar-refractivity contribution in [2.45, 2.75) is 33.6 Å². The highest BCUT2D eigenvalue weighted by atomic mass is 16.5. The van der Waals surface area contributed by atoms with Crippen molar-refractivity contribution in [1.29, 1.82) is 0 Å². The Bertz CT molecular complexity index is 415. The zero-order valence-corrected chi connectivity index (χ0v) is 12.7. The normalized spacial score (nSPS) is 12.2. The topological polar surface area (TPSA) is 64.4 Å². The van der Waals surface area contributed by atoms with E-state index in [0.29, 0.717) is 25.5 Å².